The van der Waals surface area contributed by atoms with Crippen molar-refractivity contribution in [1.29, 1.82) is 0 Å². The van der Waals surface area contributed by atoms with Crippen LogP contribution in [0.3, 0.4) is 0 Å². The molecule has 5 heterocycles. The number of hydrogen-bond acceptors (Lipinski definition) is 8. The molecule has 0 bridgehead atoms. The summed E-state index contributed by atoms with van der Waals surface area (Å²) in [7, 11) is 2.15. The standard InChI is InChI=1S/C28H36N8O2.H2S/c1-4-25(37)34-12-14-35(15-13-34)27-21-9-11-36(26-19(2)7-8-23-22(26)16-29-32-23)17-24(21)30-28(31-27)38-18-20-6-5-10-33(20)3;/h4,7-8,16,20H,1,5-6,9-15,17-18H2,2-3H3,(H,29,32);1H2/t20-;/m0./s1. The lowest BCUT2D eigenvalue weighted by molar-refractivity contribution is -0.126. The Morgan fingerprint density at radius 3 is 2.72 bits per heavy atom. The molecule has 39 heavy (non-hydrogen) atoms. The summed E-state index contributed by atoms with van der Waals surface area (Å²) in [5.74, 6) is 0.937. The van der Waals surface area contributed by atoms with Gasteiger partial charge in [-0.05, 0) is 57.5 Å². The number of hydrogen-bond donors (Lipinski definition) is 1. The Kier molecular flexibility index (Phi) is 7.99. The fourth-order valence-electron chi connectivity index (χ4n) is 6.07. The molecule has 2 aromatic heterocycles. The fourth-order valence-corrected chi connectivity index (χ4v) is 6.07. The Morgan fingerprint density at radius 1 is 1.15 bits per heavy atom. The largest absolute Gasteiger partial charge is 0.462 e. The molecule has 11 heteroatoms. The lowest BCUT2D eigenvalue weighted by Crippen LogP contribution is -2.49. The van der Waals surface area contributed by atoms with Crippen LogP contribution in [0.2, 0.25) is 0 Å². The van der Waals surface area contributed by atoms with Gasteiger partial charge in [-0.15, -0.1) is 0 Å². The van der Waals surface area contributed by atoms with Crippen LogP contribution in [0.5, 0.6) is 6.01 Å². The molecule has 208 valence electrons. The van der Waals surface area contributed by atoms with Gasteiger partial charge in [0, 0.05) is 49.7 Å². The first-order valence-corrected chi connectivity index (χ1v) is 13.6. The molecule has 3 aromatic rings. The molecule has 1 amide bonds. The summed E-state index contributed by atoms with van der Waals surface area (Å²) in [5, 5.41) is 8.52. The Hall–Kier alpha value is -3.31. The maximum absolute atomic E-state index is 12.1. The lowest BCUT2D eigenvalue weighted by Gasteiger charge is -2.38. The predicted molar refractivity (Wildman–Crippen MR) is 158 cm³/mol. The molecule has 6 rings (SSSR count). The number of aromatic nitrogens is 4. The molecule has 0 saturated carbocycles. The van der Waals surface area contributed by atoms with Crippen LogP contribution in [-0.4, -0.2) is 94.8 Å². The SMILES string of the molecule is C=CC(=O)N1CCN(c2nc(OC[C@@H]3CCCN3C)nc3c2CCN(c2c(C)ccc4[nH]ncc24)C3)CC1.S. The number of aromatic amines is 1. The van der Waals surface area contributed by atoms with Gasteiger partial charge in [-0.1, -0.05) is 12.6 Å². The van der Waals surface area contributed by atoms with E-state index in [4.69, 9.17) is 14.7 Å². The van der Waals surface area contributed by atoms with E-state index in [9.17, 15) is 4.79 Å². The minimum atomic E-state index is -0.0153. The number of benzene rings is 1. The van der Waals surface area contributed by atoms with Crippen LogP contribution in [0.1, 0.15) is 29.7 Å². The van der Waals surface area contributed by atoms with E-state index in [2.05, 4.69) is 57.6 Å². The van der Waals surface area contributed by atoms with E-state index in [0.29, 0.717) is 38.3 Å². The molecule has 0 unspecified atom stereocenters. The number of fused-ring (bicyclic) bond motifs is 2. The zero-order chi connectivity index (χ0) is 26.2. The van der Waals surface area contributed by atoms with Crippen LogP contribution in [0, 0.1) is 6.92 Å². The van der Waals surface area contributed by atoms with Gasteiger partial charge in [-0.25, -0.2) is 0 Å². The second-order valence-corrected chi connectivity index (χ2v) is 10.6. The zero-order valence-electron chi connectivity index (χ0n) is 22.8. The van der Waals surface area contributed by atoms with Crippen molar-refractivity contribution in [3.05, 3.63) is 47.8 Å². The second kappa shape index (κ2) is 11.4. The van der Waals surface area contributed by atoms with E-state index >= 15 is 0 Å². The van der Waals surface area contributed by atoms with Crippen molar-refractivity contribution in [2.24, 2.45) is 0 Å². The number of nitrogens with zero attached hydrogens (tertiary/aromatic N) is 7. The van der Waals surface area contributed by atoms with E-state index in [1.54, 1.807) is 0 Å². The number of likely N-dealkylation sites (tertiary alicyclic amines) is 1. The van der Waals surface area contributed by atoms with Crippen LogP contribution in [0.25, 0.3) is 10.9 Å². The highest BCUT2D eigenvalue weighted by molar-refractivity contribution is 7.59. The topological polar surface area (TPSA) is 93.7 Å². The third-order valence-corrected chi connectivity index (χ3v) is 8.28. The monoisotopic (exact) mass is 550 g/mol. The predicted octanol–water partition coefficient (Wildman–Crippen LogP) is 2.64. The van der Waals surface area contributed by atoms with Gasteiger partial charge in [0.1, 0.15) is 12.4 Å². The van der Waals surface area contributed by atoms with Crippen molar-refractivity contribution in [2.75, 3.05) is 62.7 Å². The number of rotatable bonds is 6. The molecule has 2 saturated heterocycles. The first-order valence-electron chi connectivity index (χ1n) is 13.6. The van der Waals surface area contributed by atoms with Crippen LogP contribution in [0.4, 0.5) is 11.5 Å². The van der Waals surface area contributed by atoms with E-state index < -0.39 is 0 Å². The number of aryl methyl sites for hydroxylation is 1. The average molecular weight is 551 g/mol. The number of H-pyrrole nitrogens is 1. The van der Waals surface area contributed by atoms with Gasteiger partial charge in [0.05, 0.1) is 29.6 Å². The van der Waals surface area contributed by atoms with Crippen molar-refractivity contribution in [2.45, 2.75) is 38.8 Å². The van der Waals surface area contributed by atoms with Crippen molar-refractivity contribution < 1.29 is 9.53 Å². The molecule has 2 fully saturated rings. The van der Waals surface area contributed by atoms with E-state index in [0.717, 1.165) is 61.4 Å². The number of anilines is 2. The number of carbonyl (C=O) groups is 1. The molecule has 0 radical (unpaired) electrons. The maximum atomic E-state index is 12.1. The van der Waals surface area contributed by atoms with Crippen molar-refractivity contribution in [1.82, 2.24) is 30.0 Å². The van der Waals surface area contributed by atoms with E-state index in [-0.39, 0.29) is 19.4 Å². The molecule has 0 spiro atoms. The van der Waals surface area contributed by atoms with Gasteiger partial charge in [0.25, 0.3) is 0 Å². The third-order valence-electron chi connectivity index (χ3n) is 8.28. The van der Waals surface area contributed by atoms with E-state index in [1.807, 2.05) is 11.1 Å². The summed E-state index contributed by atoms with van der Waals surface area (Å²) in [4.78, 5) is 31.0. The molecule has 3 aliphatic heterocycles. The number of carbonyl (C=O) groups excluding carboxylic acids is 1. The first kappa shape index (κ1) is 27.3. The number of amides is 1. The van der Waals surface area contributed by atoms with Crippen LogP contribution < -0.4 is 14.5 Å². The average Bonchev–Trinajstić information content (AvgIpc) is 3.59. The molecule has 1 N–H and O–H groups in total. The van der Waals surface area contributed by atoms with Crippen molar-refractivity contribution in [3.63, 3.8) is 0 Å². The number of likely N-dealkylation sites (N-methyl/N-ethyl adjacent to an activating group) is 1. The summed E-state index contributed by atoms with van der Waals surface area (Å²) < 4.78 is 6.26. The molecule has 1 aromatic carbocycles. The number of piperazine rings is 1. The van der Waals surface area contributed by atoms with Gasteiger partial charge < -0.3 is 24.3 Å². The fraction of sp³-hybridized carbons (Fsp3) is 0.500. The highest BCUT2D eigenvalue weighted by Gasteiger charge is 2.30. The Morgan fingerprint density at radius 2 is 1.97 bits per heavy atom. The van der Waals surface area contributed by atoms with Gasteiger partial charge in [-0.3, -0.25) is 9.89 Å². The summed E-state index contributed by atoms with van der Waals surface area (Å²) in [5.41, 5.74) is 5.66. The number of ether oxygens (including phenoxy) is 1. The minimum Gasteiger partial charge on any atom is -0.462 e. The molecule has 1 atom stereocenters. The first-order chi connectivity index (χ1) is 18.5. The number of nitrogens with one attached hydrogen (secondary N) is 1. The molecule has 10 nitrogen and oxygen atoms in total. The maximum Gasteiger partial charge on any atom is 0.318 e. The van der Waals surface area contributed by atoms with E-state index in [1.165, 1.54) is 29.3 Å². The molecular formula is C28H38N8O2S. The molecular weight excluding hydrogens is 512 g/mol. The highest BCUT2D eigenvalue weighted by Crippen LogP contribution is 2.35. The smallest absolute Gasteiger partial charge is 0.318 e. The minimum absolute atomic E-state index is 0. The zero-order valence-corrected chi connectivity index (χ0v) is 23.8. The van der Waals surface area contributed by atoms with Gasteiger partial charge in [-0.2, -0.15) is 28.6 Å². The van der Waals surface area contributed by atoms with Crippen LogP contribution in [-0.2, 0) is 17.8 Å². The van der Waals surface area contributed by atoms with Gasteiger partial charge in [0.15, 0.2) is 0 Å². The molecule has 0 aliphatic carbocycles. The van der Waals surface area contributed by atoms with Crippen molar-refractivity contribution >= 4 is 41.8 Å². The summed E-state index contributed by atoms with van der Waals surface area (Å²) >= 11 is 0. The van der Waals surface area contributed by atoms with Crippen LogP contribution >= 0.6 is 13.5 Å². The summed E-state index contributed by atoms with van der Waals surface area (Å²) in [6.07, 6.45) is 6.48. The van der Waals surface area contributed by atoms with Crippen LogP contribution in [0.15, 0.2) is 31.0 Å². The highest BCUT2D eigenvalue weighted by atomic mass is 32.1. The quantitative estimate of drug-likeness (QED) is 0.469. The normalized spacial score (nSPS) is 19.6. The third kappa shape index (κ3) is 5.29. The Labute approximate surface area is 236 Å². The second-order valence-electron chi connectivity index (χ2n) is 10.6. The van der Waals surface area contributed by atoms with Gasteiger partial charge >= 0.3 is 6.01 Å². The summed E-state index contributed by atoms with van der Waals surface area (Å²) in [6, 6.07) is 5.07. The van der Waals surface area contributed by atoms with Crippen molar-refractivity contribution in [3.8, 4) is 6.01 Å². The van der Waals surface area contributed by atoms with Gasteiger partial charge in [0.2, 0.25) is 5.91 Å². The summed E-state index contributed by atoms with van der Waals surface area (Å²) in [6.45, 7) is 11.8. The molecule has 3 aliphatic rings. The Bertz CT molecular complexity index is 1350. The Balaban J connectivity index is 0.00000308. The lowest BCUT2D eigenvalue weighted by atomic mass is 10.0.